The number of carbonyl (C=O) groups excluding carboxylic acids is 2. The van der Waals surface area contributed by atoms with E-state index in [-0.39, 0.29) is 17.2 Å². The Balaban J connectivity index is 1.19. The van der Waals surface area contributed by atoms with Crippen LogP contribution in [0.3, 0.4) is 0 Å². The van der Waals surface area contributed by atoms with Gasteiger partial charge < -0.3 is 15.0 Å². The lowest BCUT2D eigenvalue weighted by Gasteiger charge is -2.41. The van der Waals surface area contributed by atoms with Gasteiger partial charge in [0.05, 0.1) is 30.8 Å². The van der Waals surface area contributed by atoms with Crippen LogP contribution in [0.1, 0.15) is 75.5 Å². The maximum atomic E-state index is 13.6. The lowest BCUT2D eigenvalue weighted by Crippen LogP contribution is -2.51. The number of hydrogen-bond donors (Lipinski definition) is 1. The third-order valence-corrected chi connectivity index (χ3v) is 8.99. The zero-order chi connectivity index (χ0) is 26.9. The molecule has 39 heavy (non-hydrogen) atoms. The number of hydrogen-bond acceptors (Lipinski definition) is 5. The molecule has 1 spiro atoms. The summed E-state index contributed by atoms with van der Waals surface area (Å²) in [6.45, 7) is 3.82. The fourth-order valence-electron chi connectivity index (χ4n) is 6.59. The molecule has 2 fully saturated rings. The molecule has 1 saturated heterocycles. The maximum Gasteiger partial charge on any atom is 0.237 e. The molecule has 1 aromatic carbocycles. The fourth-order valence-corrected chi connectivity index (χ4v) is 6.59. The third kappa shape index (κ3) is 7.18. The van der Waals surface area contributed by atoms with Crippen molar-refractivity contribution in [1.29, 1.82) is 0 Å². The molecule has 1 N–H and O–H groups in total. The van der Waals surface area contributed by atoms with Crippen molar-refractivity contribution in [2.24, 2.45) is 5.41 Å². The molecule has 210 valence electrons. The van der Waals surface area contributed by atoms with E-state index in [1.54, 1.807) is 6.20 Å². The monoisotopic (exact) mass is 532 g/mol. The number of rotatable bonds is 5. The Kier molecular flexibility index (Phi) is 9.51. The second-order valence-electron chi connectivity index (χ2n) is 11.6. The van der Waals surface area contributed by atoms with E-state index in [1.807, 2.05) is 24.3 Å². The Morgan fingerprint density at radius 2 is 1.79 bits per heavy atom. The summed E-state index contributed by atoms with van der Waals surface area (Å²) in [6, 6.07) is 14.5. The second kappa shape index (κ2) is 13.4. The molecule has 0 unspecified atom stereocenters. The van der Waals surface area contributed by atoms with Crippen molar-refractivity contribution in [3.8, 4) is 5.75 Å². The number of nitrogens with zero attached hydrogens (tertiary/aromatic N) is 3. The highest BCUT2D eigenvalue weighted by Crippen LogP contribution is 2.38. The molecule has 2 aliphatic heterocycles. The molecule has 5 rings (SSSR count). The van der Waals surface area contributed by atoms with Crippen LogP contribution in [0.2, 0.25) is 0 Å². The van der Waals surface area contributed by atoms with Crippen LogP contribution in [0.15, 0.2) is 48.7 Å². The Bertz CT molecular complexity index is 1080. The number of amides is 2. The summed E-state index contributed by atoms with van der Waals surface area (Å²) in [4.78, 5) is 35.9. The van der Waals surface area contributed by atoms with E-state index in [4.69, 9.17) is 4.74 Å². The van der Waals surface area contributed by atoms with Crippen molar-refractivity contribution in [3.63, 3.8) is 0 Å². The number of fused-ring (bicyclic) bond motifs is 1. The average Bonchev–Trinajstić information content (AvgIpc) is 3.50. The Hall–Kier alpha value is -2.93. The van der Waals surface area contributed by atoms with Crippen molar-refractivity contribution in [3.05, 3.63) is 59.9 Å². The van der Waals surface area contributed by atoms with E-state index in [0.717, 1.165) is 82.3 Å². The summed E-state index contributed by atoms with van der Waals surface area (Å²) in [5, 5.41) is 3.22. The minimum Gasteiger partial charge on any atom is -0.493 e. The van der Waals surface area contributed by atoms with E-state index in [9.17, 15) is 9.59 Å². The molecule has 0 radical (unpaired) electrons. The van der Waals surface area contributed by atoms with Gasteiger partial charge in [-0.05, 0) is 88.2 Å². The molecule has 2 amide bonds. The van der Waals surface area contributed by atoms with Crippen molar-refractivity contribution < 1.29 is 14.3 Å². The average molecular weight is 533 g/mol. The van der Waals surface area contributed by atoms with Gasteiger partial charge in [0.2, 0.25) is 11.8 Å². The first kappa shape index (κ1) is 27.6. The topological polar surface area (TPSA) is 74.8 Å². The van der Waals surface area contributed by atoms with Gasteiger partial charge in [-0.25, -0.2) is 0 Å². The number of piperidine rings is 1. The summed E-state index contributed by atoms with van der Waals surface area (Å²) in [5.74, 6) is 1.36. The molecule has 7 nitrogen and oxygen atoms in total. The predicted molar refractivity (Wildman–Crippen MR) is 152 cm³/mol. The molecule has 0 bridgehead atoms. The van der Waals surface area contributed by atoms with Gasteiger partial charge in [0.1, 0.15) is 5.75 Å². The van der Waals surface area contributed by atoms with Crippen LogP contribution in [0, 0.1) is 5.41 Å². The van der Waals surface area contributed by atoms with Gasteiger partial charge in [-0.1, -0.05) is 43.5 Å². The lowest BCUT2D eigenvalue weighted by atomic mass is 9.73. The van der Waals surface area contributed by atoms with E-state index >= 15 is 0 Å². The highest BCUT2D eigenvalue weighted by Gasteiger charge is 2.41. The zero-order valence-electron chi connectivity index (χ0n) is 23.3. The van der Waals surface area contributed by atoms with E-state index in [0.29, 0.717) is 32.3 Å². The lowest BCUT2D eigenvalue weighted by molar-refractivity contribution is -0.138. The van der Waals surface area contributed by atoms with Crippen LogP contribution in [0.25, 0.3) is 0 Å². The maximum absolute atomic E-state index is 13.6. The number of pyridine rings is 1. The minimum atomic E-state index is -0.340. The Morgan fingerprint density at radius 3 is 2.59 bits per heavy atom. The molecule has 2 aromatic rings. The summed E-state index contributed by atoms with van der Waals surface area (Å²) in [6.07, 6.45) is 12.7. The highest BCUT2D eigenvalue weighted by molar-refractivity contribution is 5.83. The second-order valence-corrected chi connectivity index (χ2v) is 11.6. The van der Waals surface area contributed by atoms with Crippen LogP contribution in [-0.4, -0.2) is 65.4 Å². The molecule has 0 atom stereocenters. The van der Waals surface area contributed by atoms with Crippen LogP contribution >= 0.6 is 0 Å². The van der Waals surface area contributed by atoms with Crippen molar-refractivity contribution in [2.75, 3.05) is 32.8 Å². The van der Waals surface area contributed by atoms with Crippen LogP contribution in [0.4, 0.5) is 0 Å². The standard InChI is InChI=1S/C32H44N4O3/c37-30(36(28-13-2-3-14-28)24-27-12-6-8-19-33-27)25-35-21-17-32(18-22-35)16-7-5-11-26-10-1-4-15-29(26)39-23-9-20-34-31(32)38/h1,4,6,8,10,12,15,19,28H,2-3,5,7,9,11,13-14,16-18,20-25H2,(H,34,38). The summed E-state index contributed by atoms with van der Waals surface area (Å²) in [7, 11) is 0. The van der Waals surface area contributed by atoms with E-state index in [2.05, 4.69) is 38.3 Å². The first-order chi connectivity index (χ1) is 19.1. The molecule has 3 aliphatic rings. The van der Waals surface area contributed by atoms with Gasteiger partial charge in [-0.3, -0.25) is 19.5 Å². The molecule has 3 heterocycles. The number of aromatic nitrogens is 1. The van der Waals surface area contributed by atoms with Crippen molar-refractivity contribution in [1.82, 2.24) is 20.1 Å². The SMILES string of the molecule is O=C(CN1CCC2(CCCCc3ccccc3OCCCNC2=O)CC1)N(Cc1ccccn1)C1CCCC1. The van der Waals surface area contributed by atoms with Gasteiger partial charge in [0.15, 0.2) is 0 Å². The number of nitrogens with one attached hydrogen (secondary N) is 1. The predicted octanol–water partition coefficient (Wildman–Crippen LogP) is 4.75. The number of benzene rings is 1. The zero-order valence-corrected chi connectivity index (χ0v) is 23.3. The first-order valence-corrected chi connectivity index (χ1v) is 15.0. The van der Waals surface area contributed by atoms with Gasteiger partial charge in [-0.2, -0.15) is 0 Å². The van der Waals surface area contributed by atoms with Crippen LogP contribution in [0.5, 0.6) is 5.75 Å². The quantitative estimate of drug-likeness (QED) is 0.602. The van der Waals surface area contributed by atoms with Gasteiger partial charge in [-0.15, -0.1) is 0 Å². The van der Waals surface area contributed by atoms with E-state index < -0.39 is 0 Å². The fraction of sp³-hybridized carbons (Fsp3) is 0.594. The largest absolute Gasteiger partial charge is 0.493 e. The number of aryl methyl sites for hydroxylation is 1. The number of ether oxygens (including phenoxy) is 1. The molecular weight excluding hydrogens is 488 g/mol. The summed E-state index contributed by atoms with van der Waals surface area (Å²) in [5.41, 5.74) is 1.87. The van der Waals surface area contributed by atoms with Crippen molar-refractivity contribution in [2.45, 2.75) is 83.2 Å². The molecular formula is C32H44N4O3. The Morgan fingerprint density at radius 1 is 1.00 bits per heavy atom. The first-order valence-electron chi connectivity index (χ1n) is 15.0. The van der Waals surface area contributed by atoms with E-state index in [1.165, 1.54) is 18.4 Å². The smallest absolute Gasteiger partial charge is 0.237 e. The molecule has 1 saturated carbocycles. The summed E-state index contributed by atoms with van der Waals surface area (Å²) >= 11 is 0. The number of carbonyl (C=O) groups is 2. The number of para-hydroxylation sites is 1. The summed E-state index contributed by atoms with van der Waals surface area (Å²) < 4.78 is 6.02. The minimum absolute atomic E-state index is 0.188. The molecule has 7 heteroatoms. The molecule has 1 aromatic heterocycles. The van der Waals surface area contributed by atoms with Gasteiger partial charge in [0, 0.05) is 18.8 Å². The number of likely N-dealkylation sites (tertiary alicyclic amines) is 1. The molecule has 1 aliphatic carbocycles. The Labute approximate surface area is 233 Å². The van der Waals surface area contributed by atoms with Crippen molar-refractivity contribution >= 4 is 11.8 Å². The highest BCUT2D eigenvalue weighted by atomic mass is 16.5. The normalized spacial score (nSPS) is 21.1. The van der Waals surface area contributed by atoms with Gasteiger partial charge in [0.25, 0.3) is 0 Å². The third-order valence-electron chi connectivity index (χ3n) is 8.99. The van der Waals surface area contributed by atoms with Gasteiger partial charge >= 0.3 is 0 Å². The van der Waals surface area contributed by atoms with Crippen LogP contribution in [-0.2, 0) is 22.6 Å². The van der Waals surface area contributed by atoms with Crippen LogP contribution < -0.4 is 10.1 Å².